The van der Waals surface area contributed by atoms with Gasteiger partial charge in [-0.25, -0.2) is 0 Å². The number of aryl methyl sites for hydroxylation is 1. The molecule has 2 aromatic rings. The molecule has 3 aliphatic carbocycles. The van der Waals surface area contributed by atoms with Crippen LogP contribution in [-0.2, 0) is 44.5 Å². The molecule has 3 saturated carbocycles. The van der Waals surface area contributed by atoms with Crippen molar-refractivity contribution in [3.05, 3.63) is 59.7 Å². The van der Waals surface area contributed by atoms with Crippen LogP contribution < -0.4 is 54.8 Å². The van der Waals surface area contributed by atoms with E-state index in [1.54, 1.807) is 24.3 Å². The fourth-order valence-electron chi connectivity index (χ4n) is 9.64. The Morgan fingerprint density at radius 1 is 0.739 bits per heavy atom. The van der Waals surface area contributed by atoms with E-state index in [1.807, 2.05) is 19.1 Å². The van der Waals surface area contributed by atoms with Gasteiger partial charge in [0.15, 0.2) is 6.17 Å². The Bertz CT molecular complexity index is 2130. The third kappa shape index (κ3) is 13.9. The summed E-state index contributed by atoms with van der Waals surface area (Å²) in [4.78, 5) is 91.9. The second-order valence-corrected chi connectivity index (χ2v) is 19.4. The number of benzene rings is 2. The van der Waals surface area contributed by atoms with Gasteiger partial charge in [-0.15, -0.1) is 0 Å². The minimum absolute atomic E-state index is 0.0254. The summed E-state index contributed by atoms with van der Waals surface area (Å²) < 4.78 is 12.6. The lowest BCUT2D eigenvalue weighted by atomic mass is 9.43. The van der Waals surface area contributed by atoms with Gasteiger partial charge in [0.2, 0.25) is 23.6 Å². The summed E-state index contributed by atoms with van der Waals surface area (Å²) in [5, 5.41) is 24.3. The average Bonchev–Trinajstić information content (AvgIpc) is 3.69. The summed E-state index contributed by atoms with van der Waals surface area (Å²) >= 11 is 0. The molecular weight excluding hydrogens is 887 g/mol. The van der Waals surface area contributed by atoms with E-state index in [2.05, 4.69) is 64.8 Å². The van der Waals surface area contributed by atoms with Crippen molar-refractivity contribution >= 4 is 48.5 Å². The van der Waals surface area contributed by atoms with Gasteiger partial charge in [0.05, 0.1) is 11.7 Å². The monoisotopic (exact) mass is 961 g/mol. The first kappa shape index (κ1) is 54.5. The zero-order valence-corrected chi connectivity index (χ0v) is 40.5. The fourth-order valence-corrected chi connectivity index (χ4v) is 9.64. The first-order valence-corrected chi connectivity index (χ1v) is 24.2. The van der Waals surface area contributed by atoms with Crippen LogP contribution in [0.1, 0.15) is 115 Å². The van der Waals surface area contributed by atoms with Gasteiger partial charge < -0.3 is 69.3 Å². The number of amides is 6. The molecule has 1 heterocycles. The van der Waals surface area contributed by atoms with Gasteiger partial charge >= 0.3 is 13.1 Å². The standard InChI is InChI=1S/C48H73BN10O10/c1-6-7-11-28-15-17-29(18-16-28)30-19-21-31(22-20-30)40(61)57-35(26-51)43(64)55-34(13-10-14-38(60)54-27(2)45(66)67)41(62)58-39(52)44(65)56-33(12-8-9-23-50)42(63)59-46(53)49-68-37-25-32-24-36(47(32,3)4)48(37,5)69-49/h15-22,27,32-37,39,46H,6-14,23-26,50-53H2,1-5H3,(H,54,60)(H,55,64)(H,56,65)(H,57,61)(H,58,62)(H,59,63)(H,66,67)/t27-,32+,33+,34+,35+,36+,37?,39-,46-,48+/m1/s1. The third-order valence-corrected chi connectivity index (χ3v) is 14.1. The summed E-state index contributed by atoms with van der Waals surface area (Å²) in [6.45, 7) is 9.90. The number of carboxylic acid groups (broad SMARTS) is 1. The number of rotatable bonds is 26. The number of unbranched alkanes of at least 4 members (excludes halogenated alkanes) is 2. The zero-order chi connectivity index (χ0) is 50.6. The SMILES string of the molecule is CCCCc1ccc(-c2ccc(C(=O)N[C@@H](CN)C(=O)N[C@@H](CCCC(=O)N[C@H](C)C(=O)O)C(=O)N[C@@H](N)C(=O)N[C@@H](CCCCN)C(=O)N[C@@H](N)B3OC4C[C@@H]5C[C@@H](C5(C)C)[C@]4(C)O3)cc2)cc1. The Hall–Kier alpha value is -5.45. The predicted molar refractivity (Wildman–Crippen MR) is 259 cm³/mol. The van der Waals surface area contributed by atoms with Gasteiger partial charge in [-0.3, -0.25) is 33.6 Å². The summed E-state index contributed by atoms with van der Waals surface area (Å²) in [5.74, 6) is -5.05. The smallest absolute Gasteiger partial charge is 0.480 e. The van der Waals surface area contributed by atoms with Crippen molar-refractivity contribution in [2.24, 2.45) is 40.2 Å². The van der Waals surface area contributed by atoms with Crippen molar-refractivity contribution in [3.8, 4) is 11.1 Å². The van der Waals surface area contributed by atoms with Crippen LogP contribution in [0.15, 0.2) is 48.5 Å². The van der Waals surface area contributed by atoms with Gasteiger partial charge in [-0.2, -0.15) is 0 Å². The summed E-state index contributed by atoms with van der Waals surface area (Å²) in [6.07, 6.45) is 3.84. The first-order chi connectivity index (χ1) is 32.7. The molecule has 0 aromatic heterocycles. The maximum Gasteiger partial charge on any atom is 0.497 e. The van der Waals surface area contributed by atoms with E-state index in [9.17, 15) is 38.7 Å². The molecule has 15 N–H and O–H groups in total. The van der Waals surface area contributed by atoms with Gasteiger partial charge in [0.25, 0.3) is 11.8 Å². The molecule has 378 valence electrons. The molecule has 0 radical (unpaired) electrons. The van der Waals surface area contributed by atoms with Gasteiger partial charge in [0.1, 0.15) is 30.2 Å². The van der Waals surface area contributed by atoms with Crippen molar-refractivity contribution in [2.75, 3.05) is 13.1 Å². The summed E-state index contributed by atoms with van der Waals surface area (Å²) in [5.41, 5.74) is 27.2. The van der Waals surface area contributed by atoms with Crippen molar-refractivity contribution in [3.63, 3.8) is 0 Å². The van der Waals surface area contributed by atoms with E-state index in [4.69, 9.17) is 32.2 Å². The highest BCUT2D eigenvalue weighted by atomic mass is 16.7. The quantitative estimate of drug-likeness (QED) is 0.0351. The molecule has 1 aliphatic heterocycles. The molecule has 69 heavy (non-hydrogen) atoms. The number of carbonyl (C=O) groups is 7. The van der Waals surface area contributed by atoms with Crippen LogP contribution in [0.5, 0.6) is 0 Å². The highest BCUT2D eigenvalue weighted by Crippen LogP contribution is 2.65. The molecule has 2 aromatic carbocycles. The third-order valence-electron chi connectivity index (χ3n) is 14.1. The lowest BCUT2D eigenvalue weighted by molar-refractivity contribution is -0.199. The molecule has 0 spiro atoms. The molecular formula is C48H73BN10O10. The van der Waals surface area contributed by atoms with E-state index in [-0.39, 0.29) is 55.2 Å². The average molecular weight is 961 g/mol. The molecule has 20 nitrogen and oxygen atoms in total. The number of carbonyl (C=O) groups excluding carboxylic acids is 6. The van der Waals surface area contributed by atoms with Gasteiger partial charge in [-0.1, -0.05) is 63.6 Å². The van der Waals surface area contributed by atoms with Crippen LogP contribution in [-0.4, -0.2) is 115 Å². The maximum atomic E-state index is 13.8. The Balaban J connectivity index is 1.21. The first-order valence-electron chi connectivity index (χ1n) is 24.2. The van der Waals surface area contributed by atoms with Crippen LogP contribution in [0.25, 0.3) is 11.1 Å². The predicted octanol–water partition coefficient (Wildman–Crippen LogP) is 0.681. The molecule has 6 rings (SSSR count). The number of carboxylic acids is 1. The molecule has 2 bridgehead atoms. The zero-order valence-electron chi connectivity index (χ0n) is 40.5. The Labute approximate surface area is 404 Å². The van der Waals surface area contributed by atoms with E-state index in [0.717, 1.165) is 43.2 Å². The van der Waals surface area contributed by atoms with Crippen LogP contribution >= 0.6 is 0 Å². The number of nitrogens with two attached hydrogens (primary N) is 4. The fraction of sp³-hybridized carbons (Fsp3) is 0.604. The van der Waals surface area contributed by atoms with E-state index >= 15 is 0 Å². The molecule has 4 aliphatic rings. The van der Waals surface area contributed by atoms with Gasteiger partial charge in [-0.05, 0) is 124 Å². The molecule has 6 amide bonds. The number of nitrogens with one attached hydrogen (secondary N) is 6. The Morgan fingerprint density at radius 3 is 1.93 bits per heavy atom. The number of hydrogen-bond donors (Lipinski definition) is 11. The van der Waals surface area contributed by atoms with Crippen LogP contribution in [0.4, 0.5) is 0 Å². The van der Waals surface area contributed by atoms with Crippen molar-refractivity contribution in [1.29, 1.82) is 0 Å². The topological polar surface area (TPSA) is 334 Å². The largest absolute Gasteiger partial charge is 0.497 e. The summed E-state index contributed by atoms with van der Waals surface area (Å²) in [6, 6.07) is 8.88. The second kappa shape index (κ2) is 24.4. The summed E-state index contributed by atoms with van der Waals surface area (Å²) in [7, 11) is -0.928. The normalized spacial score (nSPS) is 22.5. The molecule has 1 unspecified atom stereocenters. The van der Waals surface area contributed by atoms with Crippen LogP contribution in [0.3, 0.4) is 0 Å². The highest BCUT2D eigenvalue weighted by molar-refractivity contribution is 6.47. The van der Waals surface area contributed by atoms with Crippen LogP contribution in [0, 0.1) is 17.3 Å². The van der Waals surface area contributed by atoms with E-state index < -0.39 is 90.5 Å². The van der Waals surface area contributed by atoms with E-state index in [0.29, 0.717) is 25.3 Å². The second-order valence-electron chi connectivity index (χ2n) is 19.4. The minimum atomic E-state index is -1.73. The Kier molecular flexibility index (Phi) is 19.3. The maximum absolute atomic E-state index is 13.8. The van der Waals surface area contributed by atoms with Crippen LogP contribution in [0.2, 0.25) is 0 Å². The minimum Gasteiger partial charge on any atom is -0.480 e. The Morgan fingerprint density at radius 2 is 1.33 bits per heavy atom. The van der Waals surface area contributed by atoms with Crippen molar-refractivity contribution in [2.45, 2.75) is 153 Å². The molecule has 10 atom stereocenters. The molecule has 1 saturated heterocycles. The molecule has 4 fully saturated rings. The number of aliphatic carboxylic acids is 1. The van der Waals surface area contributed by atoms with Gasteiger partial charge in [0, 0.05) is 18.5 Å². The lowest BCUT2D eigenvalue weighted by Crippen LogP contribution is -2.65. The lowest BCUT2D eigenvalue weighted by Gasteiger charge is -2.64. The number of hydrogen-bond acceptors (Lipinski definition) is 13. The van der Waals surface area contributed by atoms with E-state index in [1.165, 1.54) is 12.5 Å². The molecule has 21 heteroatoms. The van der Waals surface area contributed by atoms with Crippen molar-refractivity contribution < 1.29 is 48.0 Å². The van der Waals surface area contributed by atoms with Crippen molar-refractivity contribution in [1.82, 2.24) is 31.9 Å². The highest BCUT2D eigenvalue weighted by Gasteiger charge is 2.68.